The third kappa shape index (κ3) is 22.0. The molecule has 0 fully saturated rings. The number of hydrogen-bond donors (Lipinski definition) is 0. The SMILES string of the molecule is C=CC[C@@H](C)c1ccccc1.C=C[C@H](CC)OC(C)=O.CC(=O)C[C@@H](C)c1ccccc1.CC[C@H](OC(C)=O)C(C)=O. The average molecular weight is 581 g/mol. The summed E-state index contributed by atoms with van der Waals surface area (Å²) < 4.78 is 9.46. The molecular formula is C36H52O6. The number of rotatable bonds is 12. The molecule has 0 aliphatic rings. The second kappa shape index (κ2) is 25.0. The fourth-order valence-corrected chi connectivity index (χ4v) is 3.66. The Morgan fingerprint density at radius 2 is 1.17 bits per heavy atom. The van der Waals surface area contributed by atoms with Crippen molar-refractivity contribution in [2.45, 2.75) is 105 Å². The number of carbonyl (C=O) groups excluding carboxylic acids is 4. The molecule has 0 spiro atoms. The van der Waals surface area contributed by atoms with E-state index in [9.17, 15) is 19.2 Å². The Labute approximate surface area is 254 Å². The maximum atomic E-state index is 10.8. The monoisotopic (exact) mass is 580 g/mol. The lowest BCUT2D eigenvalue weighted by Gasteiger charge is -2.09. The summed E-state index contributed by atoms with van der Waals surface area (Å²) in [5.74, 6) is 0.463. The van der Waals surface area contributed by atoms with Crippen LogP contribution in [0.4, 0.5) is 0 Å². The van der Waals surface area contributed by atoms with Gasteiger partial charge in [0.15, 0.2) is 11.9 Å². The highest BCUT2D eigenvalue weighted by Crippen LogP contribution is 2.18. The van der Waals surface area contributed by atoms with Gasteiger partial charge in [0.05, 0.1) is 0 Å². The van der Waals surface area contributed by atoms with Gasteiger partial charge in [-0.25, -0.2) is 0 Å². The van der Waals surface area contributed by atoms with Crippen LogP contribution in [0.1, 0.15) is 104 Å². The number of allylic oxidation sites excluding steroid dienone is 1. The molecule has 2 aromatic carbocycles. The number of ether oxygens (including phenoxy) is 2. The minimum Gasteiger partial charge on any atom is -0.458 e. The minimum atomic E-state index is -0.544. The van der Waals surface area contributed by atoms with Crippen molar-refractivity contribution in [1.29, 1.82) is 0 Å². The lowest BCUT2D eigenvalue weighted by atomic mass is 9.96. The standard InChI is InChI=1S/C11H14O.C11H14.C7H12O3.C7H12O2/c1-9(8-10(2)12)11-6-4-3-5-7-11;1-3-7-10(2)11-8-5-4-6-9-11;1-4-7(5(2)8)10-6(3)9;1-4-7(5-2)9-6(3)8/h3-7,9H,8H2,1-2H3;3-6,8-10H,1,7H2,2H3;7H,4H2,1-3H3;4,7H,1,5H2,2-3H3/t9-;10-;2*7-/m1101/s1. The molecule has 0 N–H and O–H groups in total. The maximum absolute atomic E-state index is 10.8. The van der Waals surface area contributed by atoms with Gasteiger partial charge in [-0.1, -0.05) is 107 Å². The molecule has 0 radical (unpaired) electrons. The zero-order valence-corrected chi connectivity index (χ0v) is 26.9. The molecule has 0 aliphatic carbocycles. The predicted octanol–water partition coefficient (Wildman–Crippen LogP) is 8.57. The second-order valence-corrected chi connectivity index (χ2v) is 9.96. The molecule has 0 heterocycles. The van der Waals surface area contributed by atoms with E-state index in [0.29, 0.717) is 24.7 Å². The van der Waals surface area contributed by atoms with Crippen molar-refractivity contribution in [3.8, 4) is 0 Å². The summed E-state index contributed by atoms with van der Waals surface area (Å²) in [7, 11) is 0. The summed E-state index contributed by atoms with van der Waals surface area (Å²) in [6, 6.07) is 20.7. The molecule has 2 rings (SSSR count). The van der Waals surface area contributed by atoms with E-state index in [-0.39, 0.29) is 23.6 Å². The van der Waals surface area contributed by atoms with Crippen molar-refractivity contribution in [2.24, 2.45) is 0 Å². The predicted molar refractivity (Wildman–Crippen MR) is 172 cm³/mol. The summed E-state index contributed by atoms with van der Waals surface area (Å²) in [6.45, 7) is 21.0. The Bertz CT molecular complexity index is 1050. The zero-order valence-electron chi connectivity index (χ0n) is 26.9. The van der Waals surface area contributed by atoms with Crippen molar-refractivity contribution < 1.29 is 28.7 Å². The van der Waals surface area contributed by atoms with Crippen LogP contribution < -0.4 is 0 Å². The van der Waals surface area contributed by atoms with Gasteiger partial charge in [-0.3, -0.25) is 14.4 Å². The minimum absolute atomic E-state index is 0.0994. The van der Waals surface area contributed by atoms with Crippen LogP contribution in [0.25, 0.3) is 0 Å². The summed E-state index contributed by atoms with van der Waals surface area (Å²) in [4.78, 5) is 42.1. The fraction of sp³-hybridized carbons (Fsp3) is 0.444. The molecule has 6 nitrogen and oxygen atoms in total. The van der Waals surface area contributed by atoms with Gasteiger partial charge < -0.3 is 14.3 Å². The first-order chi connectivity index (χ1) is 19.8. The van der Waals surface area contributed by atoms with Gasteiger partial charge in [-0.15, -0.1) is 6.58 Å². The molecule has 4 atom stereocenters. The molecule has 0 saturated carbocycles. The van der Waals surface area contributed by atoms with Gasteiger partial charge >= 0.3 is 11.9 Å². The summed E-state index contributed by atoms with van der Waals surface area (Å²) in [6.07, 6.45) is 5.99. The number of Topliss-reactive ketones (excluding diaryl/α,β-unsaturated/α-hetero) is 2. The number of carbonyl (C=O) groups is 4. The Kier molecular flexibility index (Phi) is 24.0. The maximum Gasteiger partial charge on any atom is 0.303 e. The third-order valence-electron chi connectivity index (χ3n) is 5.97. The molecule has 0 amide bonds. The Morgan fingerprint density at radius 1 is 0.714 bits per heavy atom. The number of benzene rings is 2. The summed E-state index contributed by atoms with van der Waals surface area (Å²) in [5.41, 5.74) is 2.64. The molecule has 6 heteroatoms. The van der Waals surface area contributed by atoms with Crippen LogP contribution in [0, 0.1) is 0 Å². The highest BCUT2D eigenvalue weighted by atomic mass is 16.5. The lowest BCUT2D eigenvalue weighted by molar-refractivity contribution is -0.152. The Balaban J connectivity index is 0. The van der Waals surface area contributed by atoms with E-state index in [1.807, 2.05) is 37.3 Å². The van der Waals surface area contributed by atoms with Gasteiger partial charge in [-0.05, 0) is 56.1 Å². The molecule has 0 saturated heterocycles. The van der Waals surface area contributed by atoms with Gasteiger partial charge in [-0.2, -0.15) is 0 Å². The highest BCUT2D eigenvalue weighted by Gasteiger charge is 2.13. The van der Waals surface area contributed by atoms with Gasteiger partial charge in [0.25, 0.3) is 0 Å². The normalized spacial score (nSPS) is 12.4. The molecule has 0 aliphatic heterocycles. The average Bonchev–Trinajstić information content (AvgIpc) is 2.96. The second-order valence-electron chi connectivity index (χ2n) is 9.96. The lowest BCUT2D eigenvalue weighted by Crippen LogP contribution is -2.22. The molecule has 0 bridgehead atoms. The van der Waals surface area contributed by atoms with Crippen molar-refractivity contribution in [3.05, 3.63) is 97.1 Å². The van der Waals surface area contributed by atoms with Crippen LogP contribution in [0.3, 0.4) is 0 Å². The van der Waals surface area contributed by atoms with E-state index in [1.54, 1.807) is 19.9 Å². The van der Waals surface area contributed by atoms with Crippen LogP contribution >= 0.6 is 0 Å². The van der Waals surface area contributed by atoms with Crippen molar-refractivity contribution in [2.75, 3.05) is 0 Å². The zero-order chi connectivity index (χ0) is 32.5. The topological polar surface area (TPSA) is 86.7 Å². The first-order valence-corrected chi connectivity index (χ1v) is 14.5. The number of hydrogen-bond acceptors (Lipinski definition) is 6. The first kappa shape index (κ1) is 40.3. The summed E-state index contributed by atoms with van der Waals surface area (Å²) >= 11 is 0. The van der Waals surface area contributed by atoms with Crippen molar-refractivity contribution in [1.82, 2.24) is 0 Å². The van der Waals surface area contributed by atoms with E-state index in [2.05, 4.69) is 68.1 Å². The van der Waals surface area contributed by atoms with Gasteiger partial charge in [0.2, 0.25) is 0 Å². The molecular weight excluding hydrogens is 528 g/mol. The molecule has 42 heavy (non-hydrogen) atoms. The fourth-order valence-electron chi connectivity index (χ4n) is 3.66. The van der Waals surface area contributed by atoms with E-state index in [1.165, 1.54) is 31.9 Å². The van der Waals surface area contributed by atoms with Crippen LogP contribution in [-0.2, 0) is 28.7 Å². The van der Waals surface area contributed by atoms with E-state index in [0.717, 1.165) is 12.8 Å². The smallest absolute Gasteiger partial charge is 0.303 e. The van der Waals surface area contributed by atoms with E-state index in [4.69, 9.17) is 4.74 Å². The van der Waals surface area contributed by atoms with Crippen LogP contribution in [0.15, 0.2) is 86.0 Å². The van der Waals surface area contributed by atoms with Gasteiger partial charge in [0.1, 0.15) is 11.9 Å². The quantitative estimate of drug-likeness (QED) is 0.185. The van der Waals surface area contributed by atoms with Crippen molar-refractivity contribution in [3.63, 3.8) is 0 Å². The summed E-state index contributed by atoms with van der Waals surface area (Å²) in [5, 5.41) is 0. The number of ketones is 2. The van der Waals surface area contributed by atoms with Crippen LogP contribution in [-0.4, -0.2) is 35.7 Å². The highest BCUT2D eigenvalue weighted by molar-refractivity contribution is 5.82. The van der Waals surface area contributed by atoms with Crippen molar-refractivity contribution >= 4 is 23.5 Å². The first-order valence-electron chi connectivity index (χ1n) is 14.5. The van der Waals surface area contributed by atoms with E-state index >= 15 is 0 Å². The van der Waals surface area contributed by atoms with E-state index < -0.39 is 12.1 Å². The molecule has 0 aromatic heterocycles. The Hall–Kier alpha value is -3.80. The third-order valence-corrected chi connectivity index (χ3v) is 5.97. The van der Waals surface area contributed by atoms with Crippen LogP contribution in [0.2, 0.25) is 0 Å². The molecule has 2 aromatic rings. The largest absolute Gasteiger partial charge is 0.458 e. The Morgan fingerprint density at radius 3 is 1.43 bits per heavy atom. The number of esters is 2. The molecule has 0 unspecified atom stereocenters. The van der Waals surface area contributed by atoms with Gasteiger partial charge in [0, 0.05) is 20.3 Å². The molecule has 232 valence electrons. The van der Waals surface area contributed by atoms with Crippen LogP contribution in [0.5, 0.6) is 0 Å².